The van der Waals surface area contributed by atoms with Crippen LogP contribution in [0.15, 0.2) is 102 Å². The molecule has 5 rings (SSSR count). The molecule has 0 radical (unpaired) electrons. The van der Waals surface area contributed by atoms with Gasteiger partial charge in [0.25, 0.3) is 0 Å². The molecule has 4 aromatic carbocycles. The number of nitrogens with one attached hydrogen (secondary N) is 2. The zero-order valence-electron chi connectivity index (χ0n) is 22.2. The highest BCUT2D eigenvalue weighted by Crippen LogP contribution is 2.40. The minimum Gasteiger partial charge on any atom is -0.497 e. The predicted octanol–water partition coefficient (Wildman–Crippen LogP) is 6.35. The summed E-state index contributed by atoms with van der Waals surface area (Å²) in [6.45, 7) is 2.93. The number of hydrogen-bond donors (Lipinski definition) is 2. The lowest BCUT2D eigenvalue weighted by Gasteiger charge is -2.45. The van der Waals surface area contributed by atoms with Gasteiger partial charge in [0.2, 0.25) is 0 Å². The molecule has 1 heterocycles. The average Bonchev–Trinajstić information content (AvgIpc) is 2.98. The van der Waals surface area contributed by atoms with Gasteiger partial charge in [0.1, 0.15) is 29.1 Å². The van der Waals surface area contributed by atoms with E-state index in [1.165, 1.54) is 6.07 Å². The first kappa shape index (κ1) is 27.3. The summed E-state index contributed by atoms with van der Waals surface area (Å²) in [5, 5.41) is 7.33. The number of rotatable bonds is 8. The fraction of sp³-hybridized carbons (Fsp3) is 0.250. The third kappa shape index (κ3) is 5.45. The maximum absolute atomic E-state index is 15.0. The van der Waals surface area contributed by atoms with Gasteiger partial charge in [-0.3, -0.25) is 5.32 Å². The van der Waals surface area contributed by atoms with Crippen LogP contribution in [0.5, 0.6) is 11.5 Å². The Labute approximate surface area is 237 Å². The Balaban J connectivity index is 1.64. The van der Waals surface area contributed by atoms with Gasteiger partial charge in [-0.1, -0.05) is 70.5 Å². The number of morpholine rings is 1. The molecule has 1 aliphatic rings. The van der Waals surface area contributed by atoms with Gasteiger partial charge < -0.3 is 19.5 Å². The van der Waals surface area contributed by atoms with Crippen molar-refractivity contribution < 1.29 is 18.6 Å². The van der Waals surface area contributed by atoms with Crippen molar-refractivity contribution in [3.63, 3.8) is 0 Å². The summed E-state index contributed by atoms with van der Waals surface area (Å²) in [4.78, 5) is 0. The van der Waals surface area contributed by atoms with E-state index in [0.717, 1.165) is 32.7 Å². The van der Waals surface area contributed by atoms with Gasteiger partial charge in [0.05, 0.1) is 19.8 Å². The quantitative estimate of drug-likeness (QED) is 0.234. The lowest BCUT2D eigenvalue weighted by atomic mass is 9.76. The zero-order chi connectivity index (χ0) is 27.5. The summed E-state index contributed by atoms with van der Waals surface area (Å²) in [5.41, 5.74) is 1.83. The van der Waals surface area contributed by atoms with Crippen LogP contribution in [0.3, 0.4) is 0 Å². The molecule has 0 aromatic heterocycles. The summed E-state index contributed by atoms with van der Waals surface area (Å²) in [6, 6.07) is 31.3. The first-order valence-corrected chi connectivity index (χ1v) is 13.6. The molecule has 1 saturated heterocycles. The molecule has 1 aliphatic heterocycles. The molecule has 1 unspecified atom stereocenters. The van der Waals surface area contributed by atoms with Gasteiger partial charge in [-0.05, 0) is 66.1 Å². The van der Waals surface area contributed by atoms with Crippen LogP contribution >= 0.6 is 15.9 Å². The van der Waals surface area contributed by atoms with Gasteiger partial charge in [-0.15, -0.1) is 0 Å². The van der Waals surface area contributed by atoms with Crippen molar-refractivity contribution in [2.24, 2.45) is 0 Å². The third-order valence-corrected chi connectivity index (χ3v) is 7.82. The maximum atomic E-state index is 15.0. The lowest BCUT2D eigenvalue weighted by Crippen LogP contribution is -2.60. The predicted molar refractivity (Wildman–Crippen MR) is 155 cm³/mol. The van der Waals surface area contributed by atoms with E-state index in [4.69, 9.17) is 14.2 Å². The molecule has 7 heteroatoms. The molecular weight excluding hydrogens is 559 g/mol. The highest BCUT2D eigenvalue weighted by molar-refractivity contribution is 9.10. The van der Waals surface area contributed by atoms with Crippen molar-refractivity contribution in [1.82, 2.24) is 10.6 Å². The Morgan fingerprint density at radius 3 is 2.00 bits per heavy atom. The van der Waals surface area contributed by atoms with E-state index in [9.17, 15) is 0 Å². The van der Waals surface area contributed by atoms with E-state index in [2.05, 4.69) is 63.0 Å². The molecule has 2 atom stereocenters. The van der Waals surface area contributed by atoms with Crippen LogP contribution in [0.1, 0.15) is 29.2 Å². The second-order valence-corrected chi connectivity index (χ2v) is 10.7. The Morgan fingerprint density at radius 2 is 1.44 bits per heavy atom. The Morgan fingerprint density at radius 1 is 0.872 bits per heavy atom. The first-order valence-electron chi connectivity index (χ1n) is 12.8. The van der Waals surface area contributed by atoms with Crippen molar-refractivity contribution in [3.05, 3.63) is 130 Å². The zero-order valence-corrected chi connectivity index (χ0v) is 23.8. The fourth-order valence-corrected chi connectivity index (χ4v) is 5.70. The van der Waals surface area contributed by atoms with Crippen LogP contribution in [0.2, 0.25) is 0 Å². The summed E-state index contributed by atoms with van der Waals surface area (Å²) in [7, 11) is 3.31. The van der Waals surface area contributed by atoms with Crippen LogP contribution in [0, 0.1) is 5.82 Å². The van der Waals surface area contributed by atoms with Crippen LogP contribution in [-0.2, 0) is 15.9 Å². The van der Waals surface area contributed by atoms with Crippen molar-refractivity contribution in [3.8, 4) is 11.5 Å². The smallest absolute Gasteiger partial charge is 0.129 e. The molecule has 2 N–H and O–H groups in total. The molecule has 5 nitrogen and oxygen atoms in total. The minimum absolute atomic E-state index is 0.303. The second-order valence-electron chi connectivity index (χ2n) is 9.81. The molecule has 0 amide bonds. The number of ether oxygens (including phenoxy) is 3. The summed E-state index contributed by atoms with van der Waals surface area (Å²) in [6.07, 6.45) is -0.466. The molecule has 39 heavy (non-hydrogen) atoms. The summed E-state index contributed by atoms with van der Waals surface area (Å²) < 4.78 is 33.5. The number of hydrogen-bond acceptors (Lipinski definition) is 5. The largest absolute Gasteiger partial charge is 0.497 e. The fourth-order valence-electron chi connectivity index (χ4n) is 5.34. The van der Waals surface area contributed by atoms with E-state index in [1.54, 1.807) is 26.4 Å². The normalized spacial score (nSPS) is 19.5. The Hall–Kier alpha value is -3.23. The van der Waals surface area contributed by atoms with Crippen LogP contribution in [0.25, 0.3) is 0 Å². The molecule has 202 valence electrons. The standard InChI is InChI=1S/C32H32BrFN2O3/c1-31(28-19-25(33)13-18-29(28)34)21-35-20-30(39-31)36-32(22-7-5-4-6-8-22,23-9-14-26(37-2)15-10-23)24-11-16-27(38-3)17-12-24/h4-19,30,35-36H,20-21H2,1-3H3/t30?,31-/m0/s1. The third-order valence-electron chi connectivity index (χ3n) is 7.32. The monoisotopic (exact) mass is 590 g/mol. The van der Waals surface area contributed by atoms with Gasteiger partial charge in [0.15, 0.2) is 0 Å². The average molecular weight is 592 g/mol. The lowest BCUT2D eigenvalue weighted by molar-refractivity contribution is -0.130. The minimum atomic E-state index is -0.897. The molecule has 0 aliphatic carbocycles. The van der Waals surface area contributed by atoms with Crippen molar-refractivity contribution in [2.75, 3.05) is 27.3 Å². The number of methoxy groups -OCH3 is 2. The van der Waals surface area contributed by atoms with E-state index in [1.807, 2.05) is 49.4 Å². The number of halogens is 2. The van der Waals surface area contributed by atoms with Gasteiger partial charge in [0, 0.05) is 23.1 Å². The molecule has 0 bridgehead atoms. The van der Waals surface area contributed by atoms with Crippen molar-refractivity contribution in [2.45, 2.75) is 24.3 Å². The molecule has 4 aromatic rings. The summed E-state index contributed by atoms with van der Waals surface area (Å²) in [5.74, 6) is 1.23. The highest BCUT2D eigenvalue weighted by atomic mass is 79.9. The topological polar surface area (TPSA) is 51.8 Å². The second kappa shape index (κ2) is 11.5. The van der Waals surface area contributed by atoms with E-state index >= 15 is 4.39 Å². The molecule has 0 spiro atoms. The number of benzene rings is 4. The van der Waals surface area contributed by atoms with Crippen molar-refractivity contribution in [1.29, 1.82) is 0 Å². The van der Waals surface area contributed by atoms with Crippen molar-refractivity contribution >= 4 is 15.9 Å². The Bertz CT molecular complexity index is 1350. The van der Waals surface area contributed by atoms with Gasteiger partial charge in [-0.25, -0.2) is 4.39 Å². The highest BCUT2D eigenvalue weighted by Gasteiger charge is 2.43. The Kier molecular flexibility index (Phi) is 8.05. The van der Waals surface area contributed by atoms with E-state index in [0.29, 0.717) is 18.7 Å². The van der Waals surface area contributed by atoms with Crippen LogP contribution in [0.4, 0.5) is 4.39 Å². The van der Waals surface area contributed by atoms with Crippen LogP contribution in [-0.4, -0.2) is 33.5 Å². The van der Waals surface area contributed by atoms with Gasteiger partial charge >= 0.3 is 0 Å². The van der Waals surface area contributed by atoms with Crippen LogP contribution < -0.4 is 20.1 Å². The van der Waals surface area contributed by atoms with E-state index < -0.39 is 17.4 Å². The molecular formula is C32H32BrFN2O3. The van der Waals surface area contributed by atoms with E-state index in [-0.39, 0.29) is 5.82 Å². The molecule has 0 saturated carbocycles. The SMILES string of the molecule is COc1ccc(C(NC2CNC[C@@](C)(c3cc(Br)ccc3F)O2)(c2ccccc2)c2ccc(OC)cc2)cc1. The van der Waals surface area contributed by atoms with Gasteiger partial charge in [-0.2, -0.15) is 0 Å². The maximum Gasteiger partial charge on any atom is 0.129 e. The molecule has 1 fully saturated rings. The summed E-state index contributed by atoms with van der Waals surface area (Å²) >= 11 is 3.49. The first-order chi connectivity index (χ1) is 18.9.